The molecule has 2 aliphatic heterocycles. The third kappa shape index (κ3) is 4.57. The van der Waals surface area contributed by atoms with Gasteiger partial charge in [-0.15, -0.1) is 0 Å². The van der Waals surface area contributed by atoms with Gasteiger partial charge in [0.05, 0.1) is 24.9 Å². The summed E-state index contributed by atoms with van der Waals surface area (Å²) in [6.45, 7) is 5.90. The minimum Gasteiger partial charge on any atom is -0.489 e. The van der Waals surface area contributed by atoms with Gasteiger partial charge in [0.25, 0.3) is 0 Å². The monoisotopic (exact) mass is 433 g/mol. The Labute approximate surface area is 187 Å². The Bertz CT molecular complexity index is 1050. The van der Waals surface area contributed by atoms with Crippen molar-refractivity contribution in [1.29, 1.82) is 0 Å². The van der Waals surface area contributed by atoms with Gasteiger partial charge in [-0.3, -0.25) is 0 Å². The maximum Gasteiger partial charge on any atom is 0.228 e. The van der Waals surface area contributed by atoms with Crippen LogP contribution in [0.15, 0.2) is 48.8 Å². The van der Waals surface area contributed by atoms with Crippen LogP contribution in [0.3, 0.4) is 0 Å². The second-order valence-corrected chi connectivity index (χ2v) is 8.16. The lowest BCUT2D eigenvalue weighted by Crippen LogP contribution is -2.41. The topological polar surface area (TPSA) is 103 Å². The minimum absolute atomic E-state index is 0.0939. The third-order valence-electron chi connectivity index (χ3n) is 5.71. The Morgan fingerprint density at radius 2 is 1.84 bits per heavy atom. The first kappa shape index (κ1) is 20.4. The number of hydrogen-bond acceptors (Lipinski definition) is 9. The van der Waals surface area contributed by atoms with E-state index in [0.29, 0.717) is 12.6 Å². The second-order valence-electron chi connectivity index (χ2n) is 8.16. The SMILES string of the molecule is C[C@H]1CN(c2cc(-c3cnc(N)nc3)nc(N3CCC(Oc4ccccc4)C3)n2)CCO1. The van der Waals surface area contributed by atoms with Crippen molar-refractivity contribution in [3.8, 4) is 17.0 Å². The quantitative estimate of drug-likeness (QED) is 0.650. The van der Waals surface area contributed by atoms with E-state index in [1.54, 1.807) is 12.4 Å². The van der Waals surface area contributed by atoms with Crippen molar-refractivity contribution in [3.63, 3.8) is 0 Å². The van der Waals surface area contributed by atoms with Crippen molar-refractivity contribution in [3.05, 3.63) is 48.8 Å². The van der Waals surface area contributed by atoms with Crippen LogP contribution in [0.1, 0.15) is 13.3 Å². The average molecular weight is 434 g/mol. The minimum atomic E-state index is 0.0939. The van der Waals surface area contributed by atoms with Crippen molar-refractivity contribution in [2.75, 3.05) is 48.3 Å². The van der Waals surface area contributed by atoms with Crippen molar-refractivity contribution >= 4 is 17.7 Å². The summed E-state index contributed by atoms with van der Waals surface area (Å²) in [7, 11) is 0. The van der Waals surface area contributed by atoms with Crippen molar-refractivity contribution in [1.82, 2.24) is 19.9 Å². The van der Waals surface area contributed by atoms with E-state index in [-0.39, 0.29) is 18.2 Å². The molecule has 2 N–H and O–H groups in total. The normalized spacial score (nSPS) is 21.0. The van der Waals surface area contributed by atoms with E-state index >= 15 is 0 Å². The lowest BCUT2D eigenvalue weighted by molar-refractivity contribution is 0.0529. The van der Waals surface area contributed by atoms with Crippen LogP contribution in [0.4, 0.5) is 17.7 Å². The van der Waals surface area contributed by atoms with Gasteiger partial charge in [0, 0.05) is 50.1 Å². The number of ether oxygens (including phenoxy) is 2. The Kier molecular flexibility index (Phi) is 5.72. The lowest BCUT2D eigenvalue weighted by Gasteiger charge is -2.32. The van der Waals surface area contributed by atoms with E-state index in [2.05, 4.69) is 26.7 Å². The average Bonchev–Trinajstić information content (AvgIpc) is 3.28. The molecule has 1 aromatic carbocycles. The van der Waals surface area contributed by atoms with Crippen LogP contribution in [0.25, 0.3) is 11.3 Å². The molecule has 4 heterocycles. The first-order chi connectivity index (χ1) is 15.6. The lowest BCUT2D eigenvalue weighted by atomic mass is 10.2. The number of aromatic nitrogens is 4. The van der Waals surface area contributed by atoms with E-state index in [1.807, 2.05) is 36.4 Å². The molecule has 2 saturated heterocycles. The molecule has 0 spiro atoms. The van der Waals surface area contributed by atoms with E-state index in [0.717, 1.165) is 55.4 Å². The molecular formula is C23H27N7O2. The van der Waals surface area contributed by atoms with Crippen LogP contribution in [0.2, 0.25) is 0 Å². The zero-order valence-corrected chi connectivity index (χ0v) is 18.1. The van der Waals surface area contributed by atoms with Gasteiger partial charge < -0.3 is 25.0 Å². The molecule has 0 aliphatic carbocycles. The molecule has 0 saturated carbocycles. The molecule has 5 rings (SSSR count). The molecule has 2 fully saturated rings. The fourth-order valence-electron chi connectivity index (χ4n) is 4.07. The molecule has 0 radical (unpaired) electrons. The molecule has 32 heavy (non-hydrogen) atoms. The van der Waals surface area contributed by atoms with Gasteiger partial charge >= 0.3 is 0 Å². The molecule has 2 atom stereocenters. The Balaban J connectivity index is 1.42. The number of para-hydroxylation sites is 1. The van der Waals surface area contributed by atoms with Crippen LogP contribution in [-0.4, -0.2) is 64.9 Å². The van der Waals surface area contributed by atoms with Gasteiger partial charge in [0.1, 0.15) is 17.7 Å². The highest BCUT2D eigenvalue weighted by molar-refractivity contribution is 5.64. The van der Waals surface area contributed by atoms with E-state index in [9.17, 15) is 0 Å². The summed E-state index contributed by atoms with van der Waals surface area (Å²) in [5.41, 5.74) is 7.26. The third-order valence-corrected chi connectivity index (χ3v) is 5.71. The summed E-state index contributed by atoms with van der Waals surface area (Å²) < 4.78 is 11.9. The van der Waals surface area contributed by atoms with Gasteiger partial charge in [-0.05, 0) is 19.1 Å². The van der Waals surface area contributed by atoms with Gasteiger partial charge in [-0.2, -0.15) is 4.98 Å². The molecule has 2 aromatic heterocycles. The van der Waals surface area contributed by atoms with Crippen molar-refractivity contribution in [2.45, 2.75) is 25.6 Å². The summed E-state index contributed by atoms with van der Waals surface area (Å²) >= 11 is 0. The molecule has 9 nitrogen and oxygen atoms in total. The molecule has 2 aliphatic rings. The second kappa shape index (κ2) is 8.96. The van der Waals surface area contributed by atoms with E-state index < -0.39 is 0 Å². The number of hydrogen-bond donors (Lipinski definition) is 1. The molecule has 166 valence electrons. The number of anilines is 3. The molecule has 9 heteroatoms. The summed E-state index contributed by atoms with van der Waals surface area (Å²) in [5.74, 6) is 2.69. The molecular weight excluding hydrogens is 406 g/mol. The highest BCUT2D eigenvalue weighted by atomic mass is 16.5. The number of nitrogens with zero attached hydrogens (tertiary/aromatic N) is 6. The maximum atomic E-state index is 6.16. The van der Waals surface area contributed by atoms with Gasteiger partial charge in [0.2, 0.25) is 11.9 Å². The summed E-state index contributed by atoms with van der Waals surface area (Å²) in [6.07, 6.45) is 4.56. The zero-order chi connectivity index (χ0) is 21.9. The van der Waals surface area contributed by atoms with E-state index in [1.165, 1.54) is 0 Å². The highest BCUT2D eigenvalue weighted by Gasteiger charge is 2.28. The van der Waals surface area contributed by atoms with Crippen molar-refractivity contribution in [2.24, 2.45) is 0 Å². The number of nitrogen functional groups attached to an aromatic ring is 1. The van der Waals surface area contributed by atoms with Crippen LogP contribution >= 0.6 is 0 Å². The largest absolute Gasteiger partial charge is 0.489 e. The molecule has 3 aromatic rings. The summed E-state index contributed by atoms with van der Waals surface area (Å²) in [6, 6.07) is 11.9. The Morgan fingerprint density at radius 1 is 1.03 bits per heavy atom. The molecule has 1 unspecified atom stereocenters. The molecule has 0 amide bonds. The first-order valence-corrected chi connectivity index (χ1v) is 10.9. The fourth-order valence-corrected chi connectivity index (χ4v) is 4.07. The van der Waals surface area contributed by atoms with Gasteiger partial charge in [0.15, 0.2) is 0 Å². The van der Waals surface area contributed by atoms with Gasteiger partial charge in [-0.1, -0.05) is 18.2 Å². The fraction of sp³-hybridized carbons (Fsp3) is 0.391. The predicted molar refractivity (Wildman–Crippen MR) is 123 cm³/mol. The number of rotatable bonds is 5. The number of morpholine rings is 1. The van der Waals surface area contributed by atoms with Crippen LogP contribution in [0.5, 0.6) is 5.75 Å². The van der Waals surface area contributed by atoms with Gasteiger partial charge in [-0.25, -0.2) is 15.0 Å². The van der Waals surface area contributed by atoms with Crippen molar-refractivity contribution < 1.29 is 9.47 Å². The summed E-state index contributed by atoms with van der Waals surface area (Å²) in [5, 5.41) is 0. The van der Waals surface area contributed by atoms with Crippen LogP contribution in [-0.2, 0) is 4.74 Å². The predicted octanol–water partition coefficient (Wildman–Crippen LogP) is 2.40. The zero-order valence-electron chi connectivity index (χ0n) is 18.1. The first-order valence-electron chi connectivity index (χ1n) is 10.9. The molecule has 0 bridgehead atoms. The van der Waals surface area contributed by atoms with Crippen LogP contribution < -0.4 is 20.3 Å². The number of nitrogens with two attached hydrogens (primary N) is 1. The van der Waals surface area contributed by atoms with Crippen LogP contribution in [0, 0.1) is 0 Å². The Morgan fingerprint density at radius 3 is 2.62 bits per heavy atom. The Hall–Kier alpha value is -3.46. The smallest absolute Gasteiger partial charge is 0.228 e. The van der Waals surface area contributed by atoms with E-state index in [4.69, 9.17) is 25.2 Å². The summed E-state index contributed by atoms with van der Waals surface area (Å²) in [4.78, 5) is 22.5. The number of benzene rings is 1. The standard InChI is InChI=1S/C23H27N7O2/c1-16-14-29(9-10-31-16)21-11-20(17-12-25-22(24)26-13-17)27-23(28-21)30-8-7-19(15-30)32-18-5-3-2-4-6-18/h2-6,11-13,16,19H,7-10,14-15H2,1H3,(H2,24,25,26)/t16-,19?/m0/s1. The highest BCUT2D eigenvalue weighted by Crippen LogP contribution is 2.28. The maximum absolute atomic E-state index is 6.16.